The van der Waals surface area contributed by atoms with Crippen molar-refractivity contribution in [2.75, 3.05) is 12.4 Å². The highest BCUT2D eigenvalue weighted by molar-refractivity contribution is 7.89. The molecule has 0 atom stereocenters. The number of anilines is 1. The number of carbonyl (C=O) groups is 1. The van der Waals surface area contributed by atoms with Crippen LogP contribution in [0.2, 0.25) is 0 Å². The van der Waals surface area contributed by atoms with E-state index in [1.165, 1.54) is 25.3 Å². The summed E-state index contributed by atoms with van der Waals surface area (Å²) in [5.74, 6) is 1.34. The molecule has 168 valence electrons. The Kier molecular flexibility index (Phi) is 6.15. The maximum Gasteiger partial charge on any atom is 0.255 e. The number of sulfonamides is 1. The molecule has 1 saturated carbocycles. The third-order valence-electron chi connectivity index (χ3n) is 5.03. The molecule has 2 aromatic carbocycles. The van der Waals surface area contributed by atoms with Crippen LogP contribution in [0.4, 0.5) is 5.69 Å². The first kappa shape index (κ1) is 21.8. The van der Waals surface area contributed by atoms with Crippen LogP contribution in [0.1, 0.15) is 29.0 Å². The van der Waals surface area contributed by atoms with Crippen LogP contribution in [-0.4, -0.2) is 37.0 Å². The third kappa shape index (κ3) is 5.09. The average Bonchev–Trinajstić information content (AvgIpc) is 3.49. The van der Waals surface area contributed by atoms with Gasteiger partial charge < -0.3 is 19.4 Å². The Balaban J connectivity index is 1.45. The van der Waals surface area contributed by atoms with Gasteiger partial charge >= 0.3 is 0 Å². The largest absolute Gasteiger partial charge is 0.495 e. The molecule has 1 aliphatic carbocycles. The van der Waals surface area contributed by atoms with Gasteiger partial charge in [0, 0.05) is 31.0 Å². The number of aromatic nitrogens is 2. The normalized spacial score (nSPS) is 13.6. The molecule has 1 fully saturated rings. The van der Waals surface area contributed by atoms with E-state index in [1.54, 1.807) is 30.5 Å². The van der Waals surface area contributed by atoms with Gasteiger partial charge in [0.15, 0.2) is 0 Å². The lowest BCUT2D eigenvalue weighted by Gasteiger charge is -2.13. The number of benzene rings is 2. The number of nitrogens with one attached hydrogen (secondary N) is 2. The Hall–Kier alpha value is -3.37. The highest BCUT2D eigenvalue weighted by Gasteiger charge is 2.28. The van der Waals surface area contributed by atoms with Crippen molar-refractivity contribution in [3.63, 3.8) is 0 Å². The van der Waals surface area contributed by atoms with Gasteiger partial charge in [0.2, 0.25) is 10.0 Å². The molecule has 0 radical (unpaired) electrons. The minimum absolute atomic E-state index is 0.0155. The molecular weight excluding hydrogens is 432 g/mol. The lowest BCUT2D eigenvalue weighted by molar-refractivity contribution is 0.102. The van der Waals surface area contributed by atoms with Crippen LogP contribution in [0.5, 0.6) is 11.5 Å². The summed E-state index contributed by atoms with van der Waals surface area (Å²) >= 11 is 0. The number of rotatable bonds is 9. The van der Waals surface area contributed by atoms with Crippen LogP contribution < -0.4 is 19.5 Å². The Morgan fingerprint density at radius 2 is 1.94 bits per heavy atom. The summed E-state index contributed by atoms with van der Waals surface area (Å²) in [6.45, 7) is 0.308. The first-order valence-electron chi connectivity index (χ1n) is 10.1. The molecule has 9 nitrogen and oxygen atoms in total. The molecule has 0 bridgehead atoms. The molecule has 1 aliphatic rings. The number of carbonyl (C=O) groups excluding carboxylic acids is 1. The quantitative estimate of drug-likeness (QED) is 0.512. The van der Waals surface area contributed by atoms with Gasteiger partial charge in [-0.05, 0) is 55.3 Å². The Bertz CT molecular complexity index is 1220. The van der Waals surface area contributed by atoms with Crippen molar-refractivity contribution < 1.29 is 22.7 Å². The number of imidazole rings is 1. The van der Waals surface area contributed by atoms with E-state index < -0.39 is 15.9 Å². The molecule has 3 aromatic rings. The van der Waals surface area contributed by atoms with Crippen LogP contribution in [0.25, 0.3) is 0 Å². The number of ether oxygens (including phenoxy) is 2. The maximum absolute atomic E-state index is 12.7. The first-order valence-corrected chi connectivity index (χ1v) is 11.5. The number of methoxy groups -OCH3 is 1. The van der Waals surface area contributed by atoms with Gasteiger partial charge in [-0.15, -0.1) is 0 Å². The zero-order valence-corrected chi connectivity index (χ0v) is 18.6. The topological polar surface area (TPSA) is 112 Å². The fourth-order valence-corrected chi connectivity index (χ4v) is 4.35. The Morgan fingerprint density at radius 3 is 2.56 bits per heavy atom. The molecular formula is C22H24N4O5S. The zero-order chi connectivity index (χ0) is 22.7. The van der Waals surface area contributed by atoms with Crippen LogP contribution in [-0.2, 0) is 23.7 Å². The minimum Gasteiger partial charge on any atom is -0.495 e. The molecule has 0 unspecified atom stereocenters. The molecule has 32 heavy (non-hydrogen) atoms. The van der Waals surface area contributed by atoms with Crippen molar-refractivity contribution in [3.05, 3.63) is 66.2 Å². The van der Waals surface area contributed by atoms with Gasteiger partial charge in [-0.3, -0.25) is 4.79 Å². The Morgan fingerprint density at radius 1 is 1.19 bits per heavy atom. The van der Waals surface area contributed by atoms with E-state index in [0.29, 0.717) is 23.7 Å². The van der Waals surface area contributed by atoms with E-state index in [9.17, 15) is 13.2 Å². The molecule has 0 aliphatic heterocycles. The van der Waals surface area contributed by atoms with Gasteiger partial charge in [-0.25, -0.2) is 18.1 Å². The van der Waals surface area contributed by atoms with Crippen molar-refractivity contribution >= 4 is 21.6 Å². The summed E-state index contributed by atoms with van der Waals surface area (Å²) in [6, 6.07) is 11.0. The van der Waals surface area contributed by atoms with Crippen LogP contribution in [0.3, 0.4) is 0 Å². The highest BCUT2D eigenvalue weighted by atomic mass is 32.2. The molecule has 4 rings (SSSR count). The van der Waals surface area contributed by atoms with Crippen LogP contribution in [0.15, 0.2) is 59.8 Å². The fourth-order valence-electron chi connectivity index (χ4n) is 3.02. The zero-order valence-electron chi connectivity index (χ0n) is 17.7. The summed E-state index contributed by atoms with van der Waals surface area (Å²) in [5, 5.41) is 2.73. The lowest BCUT2D eigenvalue weighted by atomic mass is 10.2. The van der Waals surface area contributed by atoms with Gasteiger partial charge in [0.05, 0.1) is 17.7 Å². The second-order valence-corrected chi connectivity index (χ2v) is 9.19. The van der Waals surface area contributed by atoms with Crippen molar-refractivity contribution in [3.8, 4) is 11.5 Å². The molecule has 0 saturated heterocycles. The minimum atomic E-state index is -3.66. The summed E-state index contributed by atoms with van der Waals surface area (Å²) in [5.41, 5.74) is 0.659. The summed E-state index contributed by atoms with van der Waals surface area (Å²) < 4.78 is 40.5. The number of aryl methyl sites for hydroxylation is 1. The molecule has 2 N–H and O–H groups in total. The van der Waals surface area contributed by atoms with Crippen molar-refractivity contribution in [1.82, 2.24) is 14.3 Å². The number of hydrogen-bond acceptors (Lipinski definition) is 6. The molecule has 10 heteroatoms. The number of hydrogen-bond donors (Lipinski definition) is 2. The second-order valence-electron chi connectivity index (χ2n) is 7.48. The van der Waals surface area contributed by atoms with Crippen molar-refractivity contribution in [2.24, 2.45) is 7.05 Å². The summed E-state index contributed by atoms with van der Waals surface area (Å²) in [4.78, 5) is 17.0. The van der Waals surface area contributed by atoms with E-state index in [0.717, 1.165) is 18.7 Å². The first-order chi connectivity index (χ1) is 15.4. The number of amides is 1. The van der Waals surface area contributed by atoms with E-state index in [-0.39, 0.29) is 16.6 Å². The monoisotopic (exact) mass is 456 g/mol. The van der Waals surface area contributed by atoms with E-state index in [1.807, 2.05) is 17.8 Å². The van der Waals surface area contributed by atoms with E-state index in [4.69, 9.17) is 9.47 Å². The second kappa shape index (κ2) is 9.01. The van der Waals surface area contributed by atoms with Gasteiger partial charge in [-0.2, -0.15) is 0 Å². The fraction of sp³-hybridized carbons (Fsp3) is 0.273. The average molecular weight is 457 g/mol. The molecule has 1 aromatic heterocycles. The molecule has 1 amide bonds. The standard InChI is InChI=1S/C22H24N4O5S/c1-26-12-11-23-21(26)14-31-17-7-3-15(4-8-17)22(27)24-19-13-18(9-10-20(19)30-2)32(28,29)25-16-5-6-16/h3-4,7-13,16,25H,5-6,14H2,1-2H3,(H,24,27). The predicted molar refractivity (Wildman–Crippen MR) is 118 cm³/mol. The van der Waals surface area contributed by atoms with Crippen molar-refractivity contribution in [2.45, 2.75) is 30.4 Å². The van der Waals surface area contributed by atoms with E-state index >= 15 is 0 Å². The van der Waals surface area contributed by atoms with Gasteiger partial charge in [-0.1, -0.05) is 0 Å². The van der Waals surface area contributed by atoms with Gasteiger partial charge in [0.1, 0.15) is 23.9 Å². The predicted octanol–water partition coefficient (Wildman–Crippen LogP) is 2.70. The van der Waals surface area contributed by atoms with E-state index in [2.05, 4.69) is 15.0 Å². The summed E-state index contributed by atoms with van der Waals surface area (Å²) in [6.07, 6.45) is 5.20. The summed E-state index contributed by atoms with van der Waals surface area (Å²) in [7, 11) is -0.321. The maximum atomic E-state index is 12.7. The highest BCUT2D eigenvalue weighted by Crippen LogP contribution is 2.29. The molecule has 1 heterocycles. The number of nitrogens with zero attached hydrogens (tertiary/aromatic N) is 2. The Labute approximate surface area is 186 Å². The lowest BCUT2D eigenvalue weighted by Crippen LogP contribution is -2.25. The van der Waals surface area contributed by atoms with Crippen LogP contribution in [0, 0.1) is 0 Å². The SMILES string of the molecule is COc1ccc(S(=O)(=O)NC2CC2)cc1NC(=O)c1ccc(OCc2nccn2C)cc1. The smallest absolute Gasteiger partial charge is 0.255 e. The van der Waals surface area contributed by atoms with Crippen LogP contribution >= 0.6 is 0 Å². The third-order valence-corrected chi connectivity index (χ3v) is 6.55. The molecule has 0 spiro atoms. The van der Waals surface area contributed by atoms with Gasteiger partial charge in [0.25, 0.3) is 5.91 Å². The van der Waals surface area contributed by atoms with Crippen molar-refractivity contribution in [1.29, 1.82) is 0 Å².